The Morgan fingerprint density at radius 2 is 2.06 bits per heavy atom. The van der Waals surface area contributed by atoms with E-state index in [1.54, 1.807) is 0 Å². The summed E-state index contributed by atoms with van der Waals surface area (Å²) in [5.41, 5.74) is 0. The fraction of sp³-hybridized carbons (Fsp3) is 0.733. The van der Waals surface area contributed by atoms with Gasteiger partial charge in [0.1, 0.15) is 17.6 Å². The van der Waals surface area contributed by atoms with Gasteiger partial charge in [-0.2, -0.15) is 0 Å². The van der Waals surface area contributed by atoms with Crippen LogP contribution in [0.5, 0.6) is 0 Å². The molecule has 0 spiro atoms. The molecular formula is C15H24O2. The molecule has 0 saturated heterocycles. The molecule has 17 heavy (non-hydrogen) atoms. The lowest BCUT2D eigenvalue weighted by Gasteiger charge is -2.09. The van der Waals surface area contributed by atoms with Crippen molar-refractivity contribution < 1.29 is 9.52 Å². The summed E-state index contributed by atoms with van der Waals surface area (Å²) in [5.74, 6) is 3.89. The minimum atomic E-state index is -0.420. The first-order chi connectivity index (χ1) is 8.08. The third kappa shape index (κ3) is 3.35. The van der Waals surface area contributed by atoms with Crippen LogP contribution >= 0.6 is 0 Å². The zero-order valence-corrected chi connectivity index (χ0v) is 11.1. The maximum atomic E-state index is 10.0. The lowest BCUT2D eigenvalue weighted by Crippen LogP contribution is -1.97. The van der Waals surface area contributed by atoms with Gasteiger partial charge in [-0.25, -0.2) is 0 Å². The first kappa shape index (κ1) is 12.7. The Hall–Kier alpha value is -0.760. The van der Waals surface area contributed by atoms with Crippen molar-refractivity contribution in [2.75, 3.05) is 0 Å². The zero-order chi connectivity index (χ0) is 12.4. The van der Waals surface area contributed by atoms with Crippen LogP contribution in [0.15, 0.2) is 16.5 Å². The smallest absolute Gasteiger partial charge is 0.132 e. The lowest BCUT2D eigenvalue weighted by atomic mass is 10.0. The van der Waals surface area contributed by atoms with Gasteiger partial charge >= 0.3 is 0 Å². The van der Waals surface area contributed by atoms with Gasteiger partial charge in [-0.1, -0.05) is 33.6 Å². The maximum Gasteiger partial charge on any atom is 0.132 e. The molecule has 1 aliphatic carbocycles. The van der Waals surface area contributed by atoms with E-state index in [0.717, 1.165) is 30.3 Å². The number of hydrogen-bond acceptors (Lipinski definition) is 2. The van der Waals surface area contributed by atoms with Crippen LogP contribution in [-0.2, 0) is 0 Å². The van der Waals surface area contributed by atoms with E-state index in [4.69, 9.17) is 4.42 Å². The second kappa shape index (κ2) is 5.26. The van der Waals surface area contributed by atoms with Crippen molar-refractivity contribution in [3.05, 3.63) is 23.7 Å². The van der Waals surface area contributed by atoms with Gasteiger partial charge in [0.25, 0.3) is 0 Å². The first-order valence-corrected chi connectivity index (χ1v) is 6.85. The predicted octanol–water partition coefficient (Wildman–Crippen LogP) is 4.26. The van der Waals surface area contributed by atoms with Crippen LogP contribution < -0.4 is 0 Å². The largest absolute Gasteiger partial charge is 0.463 e. The van der Waals surface area contributed by atoms with E-state index >= 15 is 0 Å². The molecule has 3 unspecified atom stereocenters. The summed E-state index contributed by atoms with van der Waals surface area (Å²) in [6.07, 6.45) is 3.86. The summed E-state index contributed by atoms with van der Waals surface area (Å²) < 4.78 is 5.75. The molecule has 1 aromatic heterocycles. The second-order valence-electron chi connectivity index (χ2n) is 5.90. The van der Waals surface area contributed by atoms with Crippen LogP contribution in [-0.4, -0.2) is 5.11 Å². The zero-order valence-electron chi connectivity index (χ0n) is 11.1. The molecule has 2 nitrogen and oxygen atoms in total. The van der Waals surface area contributed by atoms with E-state index in [-0.39, 0.29) is 0 Å². The molecule has 1 heterocycles. The van der Waals surface area contributed by atoms with E-state index in [2.05, 4.69) is 20.8 Å². The standard InChI is InChI=1S/C15H24O2/c1-10(2)5-4-6-13(16)15-8-7-14(17-15)12-9-11(12)3/h7-8,10-13,16H,4-6,9H2,1-3H3. The summed E-state index contributed by atoms with van der Waals surface area (Å²) in [5, 5.41) is 10.0. The monoisotopic (exact) mass is 236 g/mol. The molecule has 0 bridgehead atoms. The molecule has 1 aromatic rings. The van der Waals surface area contributed by atoms with Crippen LogP contribution in [0, 0.1) is 11.8 Å². The molecule has 1 aliphatic rings. The highest BCUT2D eigenvalue weighted by Crippen LogP contribution is 2.47. The number of aliphatic hydroxyl groups excluding tert-OH is 1. The van der Waals surface area contributed by atoms with Gasteiger partial charge in [0.15, 0.2) is 0 Å². The highest BCUT2D eigenvalue weighted by Gasteiger charge is 2.36. The van der Waals surface area contributed by atoms with Gasteiger partial charge in [0, 0.05) is 5.92 Å². The third-order valence-corrected chi connectivity index (χ3v) is 3.71. The van der Waals surface area contributed by atoms with Crippen LogP contribution in [0.1, 0.15) is 70.0 Å². The van der Waals surface area contributed by atoms with Crippen molar-refractivity contribution in [2.45, 2.75) is 58.5 Å². The highest BCUT2D eigenvalue weighted by atomic mass is 16.4. The van der Waals surface area contributed by atoms with E-state index in [0.29, 0.717) is 11.8 Å². The molecule has 0 aliphatic heterocycles. The van der Waals surface area contributed by atoms with Crippen molar-refractivity contribution in [1.82, 2.24) is 0 Å². The van der Waals surface area contributed by atoms with Crippen LogP contribution in [0.3, 0.4) is 0 Å². The van der Waals surface area contributed by atoms with Crippen LogP contribution in [0.25, 0.3) is 0 Å². The van der Waals surface area contributed by atoms with Gasteiger partial charge in [0.05, 0.1) is 0 Å². The molecule has 3 atom stereocenters. The minimum absolute atomic E-state index is 0.420. The Balaban J connectivity index is 1.82. The average Bonchev–Trinajstić information content (AvgIpc) is 2.80. The second-order valence-corrected chi connectivity index (χ2v) is 5.90. The molecule has 1 N–H and O–H groups in total. The molecule has 2 rings (SSSR count). The Bertz CT molecular complexity index is 354. The molecule has 0 radical (unpaired) electrons. The van der Waals surface area contributed by atoms with Gasteiger partial charge in [-0.05, 0) is 36.8 Å². The number of hydrogen-bond donors (Lipinski definition) is 1. The summed E-state index contributed by atoms with van der Waals surface area (Å²) in [7, 11) is 0. The highest BCUT2D eigenvalue weighted by molar-refractivity contribution is 5.18. The van der Waals surface area contributed by atoms with Crippen molar-refractivity contribution >= 4 is 0 Å². The molecule has 2 heteroatoms. The van der Waals surface area contributed by atoms with Crippen LogP contribution in [0.2, 0.25) is 0 Å². The normalized spacial score (nSPS) is 25.2. The quantitative estimate of drug-likeness (QED) is 0.800. The van der Waals surface area contributed by atoms with Crippen molar-refractivity contribution in [3.63, 3.8) is 0 Å². The van der Waals surface area contributed by atoms with Crippen LogP contribution in [0.4, 0.5) is 0 Å². The number of aliphatic hydroxyl groups is 1. The molecule has 0 amide bonds. The molecule has 96 valence electrons. The third-order valence-electron chi connectivity index (χ3n) is 3.71. The summed E-state index contributed by atoms with van der Waals surface area (Å²) in [4.78, 5) is 0. The van der Waals surface area contributed by atoms with Gasteiger partial charge in [0.2, 0.25) is 0 Å². The summed E-state index contributed by atoms with van der Waals surface area (Å²) in [6, 6.07) is 3.98. The molecular weight excluding hydrogens is 212 g/mol. The number of rotatable bonds is 6. The Morgan fingerprint density at radius 1 is 1.35 bits per heavy atom. The summed E-state index contributed by atoms with van der Waals surface area (Å²) in [6.45, 7) is 6.67. The molecule has 0 aromatic carbocycles. The topological polar surface area (TPSA) is 33.4 Å². The van der Waals surface area contributed by atoms with E-state index in [1.165, 1.54) is 12.8 Å². The van der Waals surface area contributed by atoms with Crippen molar-refractivity contribution in [2.24, 2.45) is 11.8 Å². The van der Waals surface area contributed by atoms with Gasteiger partial charge in [-0.3, -0.25) is 0 Å². The average molecular weight is 236 g/mol. The van der Waals surface area contributed by atoms with Gasteiger partial charge < -0.3 is 9.52 Å². The van der Waals surface area contributed by atoms with E-state index in [9.17, 15) is 5.11 Å². The first-order valence-electron chi connectivity index (χ1n) is 6.85. The maximum absolute atomic E-state index is 10.0. The lowest BCUT2D eigenvalue weighted by molar-refractivity contribution is 0.134. The summed E-state index contributed by atoms with van der Waals surface area (Å²) >= 11 is 0. The Labute approximate surface area is 104 Å². The minimum Gasteiger partial charge on any atom is -0.463 e. The predicted molar refractivity (Wildman–Crippen MR) is 68.9 cm³/mol. The van der Waals surface area contributed by atoms with Crippen molar-refractivity contribution in [3.8, 4) is 0 Å². The Kier molecular flexibility index (Phi) is 3.93. The number of furan rings is 1. The SMILES string of the molecule is CC(C)CCCC(O)c1ccc(C2CC2C)o1. The van der Waals surface area contributed by atoms with E-state index < -0.39 is 6.10 Å². The Morgan fingerprint density at radius 3 is 2.65 bits per heavy atom. The fourth-order valence-electron chi connectivity index (χ4n) is 2.33. The van der Waals surface area contributed by atoms with E-state index in [1.807, 2.05) is 12.1 Å². The fourth-order valence-corrected chi connectivity index (χ4v) is 2.33. The van der Waals surface area contributed by atoms with Gasteiger partial charge in [-0.15, -0.1) is 0 Å². The molecule has 1 saturated carbocycles. The molecule has 1 fully saturated rings. The van der Waals surface area contributed by atoms with Crippen molar-refractivity contribution in [1.29, 1.82) is 0 Å².